The Labute approximate surface area is 120 Å². The molecule has 1 atom stereocenters. The van der Waals surface area contributed by atoms with E-state index in [1.54, 1.807) is 12.1 Å². The Morgan fingerprint density at radius 3 is 2.55 bits per heavy atom. The molecule has 0 radical (unpaired) electrons. The SMILES string of the molecule is COC(=O)C1=NN(C(=O)c2ccc(Cl)cc2)C(C)(O)C1. The van der Waals surface area contributed by atoms with E-state index in [0.29, 0.717) is 10.6 Å². The zero-order valence-electron chi connectivity index (χ0n) is 11.0. The van der Waals surface area contributed by atoms with Gasteiger partial charge in [-0.15, -0.1) is 0 Å². The molecule has 2 rings (SSSR count). The lowest BCUT2D eigenvalue weighted by atomic mass is 10.1. The quantitative estimate of drug-likeness (QED) is 0.837. The third-order valence-corrected chi connectivity index (χ3v) is 3.14. The van der Waals surface area contributed by atoms with E-state index in [1.807, 2.05) is 0 Å². The van der Waals surface area contributed by atoms with Crippen LogP contribution in [0.5, 0.6) is 0 Å². The van der Waals surface area contributed by atoms with Gasteiger partial charge in [-0.3, -0.25) is 4.79 Å². The number of benzene rings is 1. The van der Waals surface area contributed by atoms with Crippen LogP contribution in [0.4, 0.5) is 0 Å². The van der Waals surface area contributed by atoms with Crippen molar-refractivity contribution >= 4 is 29.2 Å². The van der Waals surface area contributed by atoms with Crippen LogP contribution in [0.2, 0.25) is 5.02 Å². The molecule has 1 aromatic rings. The van der Waals surface area contributed by atoms with Crippen molar-refractivity contribution in [1.29, 1.82) is 0 Å². The van der Waals surface area contributed by atoms with Crippen molar-refractivity contribution < 1.29 is 19.4 Å². The highest BCUT2D eigenvalue weighted by Crippen LogP contribution is 2.27. The van der Waals surface area contributed by atoms with E-state index in [-0.39, 0.29) is 12.1 Å². The molecule has 0 fully saturated rings. The van der Waals surface area contributed by atoms with Gasteiger partial charge in [-0.25, -0.2) is 4.79 Å². The molecule has 106 valence electrons. The zero-order valence-corrected chi connectivity index (χ0v) is 11.7. The van der Waals surface area contributed by atoms with Crippen molar-refractivity contribution in [3.63, 3.8) is 0 Å². The van der Waals surface area contributed by atoms with Gasteiger partial charge in [-0.2, -0.15) is 10.1 Å². The van der Waals surface area contributed by atoms with Crippen molar-refractivity contribution in [3.05, 3.63) is 34.9 Å². The van der Waals surface area contributed by atoms with Crippen LogP contribution < -0.4 is 0 Å². The van der Waals surface area contributed by atoms with E-state index in [0.717, 1.165) is 5.01 Å². The first-order valence-corrected chi connectivity index (χ1v) is 6.21. The van der Waals surface area contributed by atoms with Gasteiger partial charge in [0.15, 0.2) is 11.4 Å². The highest BCUT2D eigenvalue weighted by atomic mass is 35.5. The van der Waals surface area contributed by atoms with Crippen molar-refractivity contribution in [2.45, 2.75) is 19.1 Å². The van der Waals surface area contributed by atoms with Gasteiger partial charge in [-0.1, -0.05) is 11.6 Å². The number of rotatable bonds is 2. The number of halogens is 1. The average molecular weight is 297 g/mol. The van der Waals surface area contributed by atoms with Crippen molar-refractivity contribution in [3.8, 4) is 0 Å². The first-order chi connectivity index (χ1) is 9.35. The molecule has 1 N–H and O–H groups in total. The predicted octanol–water partition coefficient (Wildman–Crippen LogP) is 1.42. The molecule has 1 heterocycles. The summed E-state index contributed by atoms with van der Waals surface area (Å²) in [4.78, 5) is 23.7. The number of hydrogen-bond acceptors (Lipinski definition) is 5. The summed E-state index contributed by atoms with van der Waals surface area (Å²) in [6.07, 6.45) is -0.0843. The number of nitrogens with zero attached hydrogens (tertiary/aromatic N) is 2. The van der Waals surface area contributed by atoms with Gasteiger partial charge in [0.25, 0.3) is 5.91 Å². The summed E-state index contributed by atoms with van der Waals surface area (Å²) in [6, 6.07) is 6.16. The van der Waals surface area contributed by atoms with Gasteiger partial charge >= 0.3 is 5.97 Å². The average Bonchev–Trinajstić information content (AvgIpc) is 2.73. The lowest BCUT2D eigenvalue weighted by molar-refractivity contribution is -0.133. The number of methoxy groups -OCH3 is 1. The predicted molar refractivity (Wildman–Crippen MR) is 72.3 cm³/mol. The second kappa shape index (κ2) is 5.22. The molecule has 0 aliphatic carbocycles. The Morgan fingerprint density at radius 2 is 2.00 bits per heavy atom. The molecule has 20 heavy (non-hydrogen) atoms. The van der Waals surface area contributed by atoms with E-state index in [4.69, 9.17) is 11.6 Å². The number of hydrazone groups is 1. The summed E-state index contributed by atoms with van der Waals surface area (Å²) < 4.78 is 4.54. The number of aliphatic hydroxyl groups is 1. The number of carbonyl (C=O) groups is 2. The molecular formula is C13H13ClN2O4. The molecule has 1 aliphatic heterocycles. The lowest BCUT2D eigenvalue weighted by Gasteiger charge is -2.26. The lowest BCUT2D eigenvalue weighted by Crippen LogP contribution is -2.43. The fourth-order valence-electron chi connectivity index (χ4n) is 1.87. The molecule has 6 nitrogen and oxygen atoms in total. The third kappa shape index (κ3) is 2.66. The molecule has 1 aliphatic rings. The van der Waals surface area contributed by atoms with Crippen molar-refractivity contribution in [2.75, 3.05) is 7.11 Å². The molecule has 1 unspecified atom stereocenters. The van der Waals surface area contributed by atoms with E-state index < -0.39 is 17.6 Å². The van der Waals surface area contributed by atoms with Crippen molar-refractivity contribution in [1.82, 2.24) is 5.01 Å². The maximum absolute atomic E-state index is 12.3. The molecular weight excluding hydrogens is 284 g/mol. The van der Waals surface area contributed by atoms with Crippen molar-refractivity contribution in [2.24, 2.45) is 5.10 Å². The Balaban J connectivity index is 2.30. The normalized spacial score (nSPS) is 21.6. The molecule has 1 amide bonds. The highest BCUT2D eigenvalue weighted by Gasteiger charge is 2.43. The minimum Gasteiger partial charge on any atom is -0.464 e. The minimum absolute atomic E-state index is 0.000173. The summed E-state index contributed by atoms with van der Waals surface area (Å²) in [5.74, 6) is -1.19. The molecule has 0 saturated carbocycles. The smallest absolute Gasteiger partial charge is 0.354 e. The number of carbonyl (C=O) groups excluding carboxylic acids is 2. The molecule has 0 spiro atoms. The number of amides is 1. The van der Waals surface area contributed by atoms with Gasteiger partial charge in [0.05, 0.1) is 7.11 Å². The fraction of sp³-hybridized carbons (Fsp3) is 0.308. The Kier molecular flexibility index (Phi) is 3.78. The van der Waals surface area contributed by atoms with Gasteiger partial charge in [0.1, 0.15) is 0 Å². The van der Waals surface area contributed by atoms with Gasteiger partial charge in [0, 0.05) is 17.0 Å². The van der Waals surface area contributed by atoms with Gasteiger partial charge in [-0.05, 0) is 31.2 Å². The van der Waals surface area contributed by atoms with Crippen LogP contribution in [0.1, 0.15) is 23.7 Å². The number of hydrogen-bond donors (Lipinski definition) is 1. The van der Waals surface area contributed by atoms with E-state index in [2.05, 4.69) is 9.84 Å². The van der Waals surface area contributed by atoms with Crippen LogP contribution in [-0.2, 0) is 9.53 Å². The Bertz CT molecular complexity index is 581. The van der Waals surface area contributed by atoms with Crippen LogP contribution in [-0.4, -0.2) is 40.5 Å². The zero-order chi connectivity index (χ0) is 14.9. The molecule has 0 saturated heterocycles. The van der Waals surface area contributed by atoms with E-state index in [1.165, 1.54) is 26.2 Å². The molecule has 1 aromatic carbocycles. The van der Waals surface area contributed by atoms with Crippen LogP contribution in [0.25, 0.3) is 0 Å². The Hall–Kier alpha value is -1.92. The largest absolute Gasteiger partial charge is 0.464 e. The number of ether oxygens (including phenoxy) is 1. The van der Waals surface area contributed by atoms with Gasteiger partial charge < -0.3 is 9.84 Å². The maximum atomic E-state index is 12.3. The van der Waals surface area contributed by atoms with E-state index in [9.17, 15) is 14.7 Å². The van der Waals surface area contributed by atoms with Gasteiger partial charge in [0.2, 0.25) is 0 Å². The van der Waals surface area contributed by atoms with Crippen LogP contribution in [0.3, 0.4) is 0 Å². The summed E-state index contributed by atoms with van der Waals surface area (Å²) in [5, 5.41) is 15.4. The molecule has 0 aromatic heterocycles. The van der Waals surface area contributed by atoms with E-state index >= 15 is 0 Å². The summed E-state index contributed by atoms with van der Waals surface area (Å²) >= 11 is 5.75. The summed E-state index contributed by atoms with van der Waals surface area (Å²) in [6.45, 7) is 1.40. The first-order valence-electron chi connectivity index (χ1n) is 5.83. The standard InChI is InChI=1S/C13H13ClN2O4/c1-13(19)7-10(12(18)20-2)15-16(13)11(17)8-3-5-9(14)6-4-8/h3-6,19H,7H2,1-2H3. The minimum atomic E-state index is -1.57. The topological polar surface area (TPSA) is 79.2 Å². The monoisotopic (exact) mass is 296 g/mol. The van der Waals surface area contributed by atoms with Crippen LogP contribution in [0, 0.1) is 0 Å². The third-order valence-electron chi connectivity index (χ3n) is 2.88. The summed E-state index contributed by atoms with van der Waals surface area (Å²) in [7, 11) is 1.21. The number of esters is 1. The maximum Gasteiger partial charge on any atom is 0.354 e. The molecule has 0 bridgehead atoms. The second-order valence-electron chi connectivity index (χ2n) is 4.56. The first kappa shape index (κ1) is 14.5. The highest BCUT2D eigenvalue weighted by molar-refractivity contribution is 6.37. The second-order valence-corrected chi connectivity index (χ2v) is 4.99. The fourth-order valence-corrected chi connectivity index (χ4v) is 1.99. The Morgan fingerprint density at radius 1 is 1.40 bits per heavy atom. The molecule has 7 heteroatoms. The van der Waals surface area contributed by atoms with Crippen LogP contribution >= 0.6 is 11.6 Å². The van der Waals surface area contributed by atoms with Crippen LogP contribution in [0.15, 0.2) is 29.4 Å². The summed E-state index contributed by atoms with van der Waals surface area (Å²) in [5.41, 5.74) is -1.26.